The van der Waals surface area contributed by atoms with Crippen molar-refractivity contribution < 1.29 is 18.7 Å². The van der Waals surface area contributed by atoms with Gasteiger partial charge in [-0.1, -0.05) is 6.07 Å². The lowest BCUT2D eigenvalue weighted by Gasteiger charge is -2.06. The van der Waals surface area contributed by atoms with Crippen LogP contribution in [-0.2, 0) is 0 Å². The van der Waals surface area contributed by atoms with Gasteiger partial charge < -0.3 is 10.4 Å². The van der Waals surface area contributed by atoms with Crippen LogP contribution in [0.15, 0.2) is 30.6 Å². The van der Waals surface area contributed by atoms with Crippen molar-refractivity contribution in [2.24, 2.45) is 0 Å². The largest absolute Gasteiger partial charge is 0.476 e. The van der Waals surface area contributed by atoms with Crippen molar-refractivity contribution in [1.82, 2.24) is 9.97 Å². The van der Waals surface area contributed by atoms with E-state index in [2.05, 4.69) is 15.3 Å². The highest BCUT2D eigenvalue weighted by molar-refractivity contribution is 5.85. The molecule has 0 fully saturated rings. The maximum Gasteiger partial charge on any atom is 0.356 e. The Balaban J connectivity index is 2.24. The third-order valence-corrected chi connectivity index (χ3v) is 2.09. The molecule has 0 amide bonds. The highest BCUT2D eigenvalue weighted by Crippen LogP contribution is 2.19. The number of carboxylic acid groups (broad SMARTS) is 1. The van der Waals surface area contributed by atoms with Crippen molar-refractivity contribution in [2.45, 2.75) is 0 Å². The van der Waals surface area contributed by atoms with Crippen LogP contribution in [0.25, 0.3) is 0 Å². The van der Waals surface area contributed by atoms with Crippen LogP contribution in [0, 0.1) is 11.6 Å². The molecule has 2 rings (SSSR count). The molecule has 1 heterocycles. The second kappa shape index (κ2) is 4.74. The lowest BCUT2D eigenvalue weighted by molar-refractivity contribution is 0.0690. The highest BCUT2D eigenvalue weighted by Gasteiger charge is 2.09. The number of rotatable bonds is 3. The molecule has 0 saturated carbocycles. The Morgan fingerprint density at radius 3 is 2.61 bits per heavy atom. The molecular weight excluding hydrogens is 244 g/mol. The van der Waals surface area contributed by atoms with Crippen molar-refractivity contribution in [3.05, 3.63) is 47.9 Å². The van der Waals surface area contributed by atoms with E-state index in [4.69, 9.17) is 5.11 Å². The summed E-state index contributed by atoms with van der Waals surface area (Å²) in [6.45, 7) is 0. The Hall–Kier alpha value is -2.57. The van der Waals surface area contributed by atoms with Gasteiger partial charge in [-0.3, -0.25) is 0 Å². The van der Waals surface area contributed by atoms with Crippen LogP contribution in [0.5, 0.6) is 0 Å². The number of hydrogen-bond donors (Lipinski definition) is 2. The van der Waals surface area contributed by atoms with Crippen molar-refractivity contribution in [1.29, 1.82) is 0 Å². The summed E-state index contributed by atoms with van der Waals surface area (Å²) in [5.41, 5.74) is -0.340. The number of hydrogen-bond acceptors (Lipinski definition) is 4. The average Bonchev–Trinajstić information content (AvgIpc) is 2.36. The number of aromatic carboxylic acids is 1. The number of carbonyl (C=O) groups is 1. The third-order valence-electron chi connectivity index (χ3n) is 2.09. The SMILES string of the molecule is O=C(O)c1cnc(Nc2cccc(F)c2F)cn1. The molecule has 0 aliphatic rings. The molecule has 0 unspecified atom stereocenters. The smallest absolute Gasteiger partial charge is 0.356 e. The predicted molar refractivity (Wildman–Crippen MR) is 58.6 cm³/mol. The van der Waals surface area contributed by atoms with Crippen LogP contribution in [0.2, 0.25) is 0 Å². The zero-order valence-electron chi connectivity index (χ0n) is 8.89. The molecule has 0 atom stereocenters. The minimum Gasteiger partial charge on any atom is -0.476 e. The zero-order chi connectivity index (χ0) is 13.1. The van der Waals surface area contributed by atoms with E-state index < -0.39 is 17.6 Å². The zero-order valence-corrected chi connectivity index (χ0v) is 8.89. The van der Waals surface area contributed by atoms with Gasteiger partial charge in [0, 0.05) is 0 Å². The van der Waals surface area contributed by atoms with Crippen LogP contribution in [-0.4, -0.2) is 21.0 Å². The fourth-order valence-electron chi connectivity index (χ4n) is 1.24. The van der Waals surface area contributed by atoms with Crippen molar-refractivity contribution in [2.75, 3.05) is 5.32 Å². The van der Waals surface area contributed by atoms with Gasteiger partial charge in [0.05, 0.1) is 18.1 Å². The van der Waals surface area contributed by atoms with E-state index in [0.29, 0.717) is 0 Å². The first kappa shape index (κ1) is 11.9. The summed E-state index contributed by atoms with van der Waals surface area (Å²) in [7, 11) is 0. The lowest BCUT2D eigenvalue weighted by atomic mass is 10.3. The van der Waals surface area contributed by atoms with E-state index >= 15 is 0 Å². The van der Waals surface area contributed by atoms with Gasteiger partial charge in [-0.2, -0.15) is 0 Å². The second-order valence-electron chi connectivity index (χ2n) is 3.32. The molecular formula is C11H7F2N3O2. The monoisotopic (exact) mass is 251 g/mol. The quantitative estimate of drug-likeness (QED) is 0.874. The molecule has 92 valence electrons. The van der Waals surface area contributed by atoms with Crippen molar-refractivity contribution >= 4 is 17.5 Å². The fourth-order valence-corrected chi connectivity index (χ4v) is 1.24. The Bertz CT molecular complexity index is 587. The summed E-state index contributed by atoms with van der Waals surface area (Å²) in [5.74, 6) is -3.13. The summed E-state index contributed by atoms with van der Waals surface area (Å²) in [6, 6.07) is 3.64. The third kappa shape index (κ3) is 2.40. The van der Waals surface area contributed by atoms with E-state index in [-0.39, 0.29) is 17.2 Å². The lowest BCUT2D eigenvalue weighted by Crippen LogP contribution is -2.03. The first-order chi connectivity index (χ1) is 8.58. The van der Waals surface area contributed by atoms with Gasteiger partial charge in [-0.25, -0.2) is 23.5 Å². The molecule has 0 aliphatic heterocycles. The molecule has 2 aromatic rings. The van der Waals surface area contributed by atoms with Crippen molar-refractivity contribution in [3.63, 3.8) is 0 Å². The number of nitrogens with zero attached hydrogens (tertiary/aromatic N) is 2. The minimum absolute atomic E-state index is 0.104. The fraction of sp³-hybridized carbons (Fsp3) is 0. The second-order valence-corrected chi connectivity index (χ2v) is 3.32. The average molecular weight is 251 g/mol. The number of anilines is 2. The standard InChI is InChI=1S/C11H7F2N3O2/c12-6-2-1-3-7(10(6)13)16-9-5-14-8(4-15-9)11(17)18/h1-5H,(H,15,16)(H,17,18). The topological polar surface area (TPSA) is 75.1 Å². The Morgan fingerprint density at radius 2 is 2.00 bits per heavy atom. The maximum absolute atomic E-state index is 13.3. The van der Waals surface area contributed by atoms with E-state index in [1.54, 1.807) is 0 Å². The number of benzene rings is 1. The number of halogens is 2. The molecule has 18 heavy (non-hydrogen) atoms. The van der Waals surface area contributed by atoms with Crippen LogP contribution in [0.4, 0.5) is 20.3 Å². The molecule has 1 aromatic heterocycles. The summed E-state index contributed by atoms with van der Waals surface area (Å²) in [4.78, 5) is 17.8. The molecule has 5 nitrogen and oxygen atoms in total. The van der Waals surface area contributed by atoms with E-state index in [1.807, 2.05) is 0 Å². The van der Waals surface area contributed by atoms with Gasteiger partial charge in [-0.05, 0) is 12.1 Å². The molecule has 2 N–H and O–H groups in total. The Morgan fingerprint density at radius 1 is 1.22 bits per heavy atom. The van der Waals surface area contributed by atoms with Crippen LogP contribution in [0.3, 0.4) is 0 Å². The van der Waals surface area contributed by atoms with Crippen molar-refractivity contribution in [3.8, 4) is 0 Å². The molecule has 1 aromatic carbocycles. The molecule has 0 spiro atoms. The summed E-state index contributed by atoms with van der Waals surface area (Å²) < 4.78 is 26.2. The summed E-state index contributed by atoms with van der Waals surface area (Å²) in [6.07, 6.45) is 2.13. The van der Waals surface area contributed by atoms with Gasteiger partial charge in [-0.15, -0.1) is 0 Å². The summed E-state index contributed by atoms with van der Waals surface area (Å²) in [5, 5.41) is 11.1. The van der Waals surface area contributed by atoms with Crippen LogP contribution >= 0.6 is 0 Å². The Labute approximate surface area is 100 Å². The van der Waals surface area contributed by atoms with Crippen LogP contribution < -0.4 is 5.32 Å². The van der Waals surface area contributed by atoms with Gasteiger partial charge in [0.15, 0.2) is 17.3 Å². The van der Waals surface area contributed by atoms with E-state index in [0.717, 1.165) is 18.5 Å². The molecule has 0 bridgehead atoms. The van der Waals surface area contributed by atoms with E-state index in [9.17, 15) is 13.6 Å². The first-order valence-electron chi connectivity index (χ1n) is 4.84. The highest BCUT2D eigenvalue weighted by atomic mass is 19.2. The Kier molecular flexibility index (Phi) is 3.13. The molecule has 0 radical (unpaired) electrons. The molecule has 7 heteroatoms. The van der Waals surface area contributed by atoms with Gasteiger partial charge in [0.1, 0.15) is 5.82 Å². The number of carboxylic acids is 1. The summed E-state index contributed by atoms with van der Waals surface area (Å²) >= 11 is 0. The van der Waals surface area contributed by atoms with Crippen LogP contribution in [0.1, 0.15) is 10.5 Å². The number of aromatic nitrogens is 2. The number of nitrogens with one attached hydrogen (secondary N) is 1. The minimum atomic E-state index is -1.22. The molecule has 0 saturated heterocycles. The van der Waals surface area contributed by atoms with E-state index in [1.165, 1.54) is 12.1 Å². The van der Waals surface area contributed by atoms with Gasteiger partial charge in [0.2, 0.25) is 0 Å². The maximum atomic E-state index is 13.3. The normalized spacial score (nSPS) is 10.1. The first-order valence-corrected chi connectivity index (χ1v) is 4.84. The van der Waals surface area contributed by atoms with Gasteiger partial charge >= 0.3 is 5.97 Å². The predicted octanol–water partition coefficient (Wildman–Crippen LogP) is 2.20. The van der Waals surface area contributed by atoms with Gasteiger partial charge in [0.25, 0.3) is 0 Å². The molecule has 0 aliphatic carbocycles.